The van der Waals surface area contributed by atoms with Gasteiger partial charge in [-0.2, -0.15) is 9.97 Å². The van der Waals surface area contributed by atoms with Crippen LogP contribution in [0.3, 0.4) is 0 Å². The van der Waals surface area contributed by atoms with Crippen LogP contribution in [-0.4, -0.2) is 40.9 Å². The molecule has 1 aromatic heterocycles. The molecule has 0 saturated heterocycles. The summed E-state index contributed by atoms with van der Waals surface area (Å²) >= 11 is 0. The Morgan fingerprint density at radius 2 is 1.70 bits per heavy atom. The van der Waals surface area contributed by atoms with Crippen molar-refractivity contribution in [1.29, 1.82) is 0 Å². The molecule has 20 heavy (non-hydrogen) atoms. The van der Waals surface area contributed by atoms with Crippen LogP contribution in [0, 0.1) is 0 Å². The van der Waals surface area contributed by atoms with Gasteiger partial charge in [0.2, 0.25) is 5.95 Å². The molecule has 0 unspecified atom stereocenters. The van der Waals surface area contributed by atoms with Crippen molar-refractivity contribution in [2.75, 3.05) is 25.7 Å². The van der Waals surface area contributed by atoms with Gasteiger partial charge >= 0.3 is 12.0 Å². The highest BCUT2D eigenvalue weighted by Gasteiger charge is 2.17. The second-order valence-electron chi connectivity index (χ2n) is 4.78. The van der Waals surface area contributed by atoms with Gasteiger partial charge in [-0.3, -0.25) is 5.43 Å². The fraction of sp³-hybridized carbons (Fsp3) is 0.750. The molecule has 0 aliphatic heterocycles. The second-order valence-corrected chi connectivity index (χ2v) is 4.78. The van der Waals surface area contributed by atoms with Crippen molar-refractivity contribution in [1.82, 2.24) is 15.0 Å². The lowest BCUT2D eigenvalue weighted by Gasteiger charge is -2.22. The van der Waals surface area contributed by atoms with Crippen molar-refractivity contribution in [2.45, 2.75) is 39.2 Å². The topological polar surface area (TPSA) is 104 Å². The average Bonchev–Trinajstić information content (AvgIpc) is 2.44. The maximum atomic E-state index is 5.49. The Morgan fingerprint density at radius 3 is 2.20 bits per heavy atom. The van der Waals surface area contributed by atoms with Gasteiger partial charge in [0.1, 0.15) is 0 Å². The molecular weight excluding hydrogens is 262 g/mol. The summed E-state index contributed by atoms with van der Waals surface area (Å²) in [6.45, 7) is 6.89. The average molecular weight is 285 g/mol. The number of nitrogen functional groups attached to an aromatic ring is 1. The number of nitrogens with zero attached hydrogens (tertiary/aromatic N) is 3. The Balaban J connectivity index is 2.64. The number of nitrogens with one attached hydrogen (secondary N) is 1. The maximum absolute atomic E-state index is 5.49. The van der Waals surface area contributed by atoms with Crippen LogP contribution in [0.1, 0.15) is 33.6 Å². The van der Waals surface area contributed by atoms with E-state index in [0.29, 0.717) is 19.6 Å². The van der Waals surface area contributed by atoms with E-state index < -0.39 is 0 Å². The minimum Gasteiger partial charge on any atom is -0.463 e. The van der Waals surface area contributed by atoms with E-state index in [4.69, 9.17) is 20.1 Å². The Morgan fingerprint density at radius 1 is 1.10 bits per heavy atom. The first kappa shape index (κ1) is 16.4. The number of methoxy groups -OCH3 is 1. The zero-order chi connectivity index (χ0) is 15.0. The van der Waals surface area contributed by atoms with Crippen LogP contribution in [0.4, 0.5) is 5.95 Å². The first-order valence-corrected chi connectivity index (χ1v) is 6.54. The van der Waals surface area contributed by atoms with Crippen molar-refractivity contribution >= 4 is 5.95 Å². The maximum Gasteiger partial charge on any atom is 0.324 e. The molecule has 0 aliphatic rings. The Hall–Kier alpha value is -1.67. The van der Waals surface area contributed by atoms with Gasteiger partial charge < -0.3 is 14.2 Å². The minimum atomic E-state index is -0.260. The lowest BCUT2D eigenvalue weighted by atomic mass is 10.1. The van der Waals surface area contributed by atoms with Crippen molar-refractivity contribution < 1.29 is 14.2 Å². The molecule has 0 amide bonds. The van der Waals surface area contributed by atoms with Crippen molar-refractivity contribution in [2.24, 2.45) is 5.84 Å². The predicted molar refractivity (Wildman–Crippen MR) is 74.6 cm³/mol. The van der Waals surface area contributed by atoms with E-state index in [1.165, 1.54) is 0 Å². The van der Waals surface area contributed by atoms with Crippen LogP contribution < -0.4 is 20.7 Å². The zero-order valence-corrected chi connectivity index (χ0v) is 12.5. The number of rotatable bonds is 9. The molecule has 8 nitrogen and oxygen atoms in total. The molecule has 3 N–H and O–H groups in total. The SMILES string of the molecule is CCCOc1nc(NN)nc(OCCC(C)(C)OC)n1. The Labute approximate surface area is 119 Å². The molecule has 1 heterocycles. The Kier molecular flexibility index (Phi) is 6.40. The van der Waals surface area contributed by atoms with Crippen LogP contribution in [0.15, 0.2) is 0 Å². The fourth-order valence-electron chi connectivity index (χ4n) is 1.22. The number of aromatic nitrogens is 3. The molecule has 0 radical (unpaired) electrons. The predicted octanol–water partition coefficient (Wildman–Crippen LogP) is 1.14. The third-order valence-corrected chi connectivity index (χ3v) is 2.65. The van der Waals surface area contributed by atoms with E-state index in [-0.39, 0.29) is 23.6 Å². The summed E-state index contributed by atoms with van der Waals surface area (Å²) in [4.78, 5) is 12.0. The van der Waals surface area contributed by atoms with Crippen LogP contribution in [0.5, 0.6) is 12.0 Å². The van der Waals surface area contributed by atoms with Gasteiger partial charge in [-0.1, -0.05) is 6.92 Å². The summed E-state index contributed by atoms with van der Waals surface area (Å²) in [7, 11) is 1.66. The molecule has 0 spiro atoms. The van der Waals surface area contributed by atoms with E-state index in [2.05, 4.69) is 20.4 Å². The third kappa shape index (κ3) is 5.54. The number of hydrogen-bond acceptors (Lipinski definition) is 8. The van der Waals surface area contributed by atoms with Crippen LogP contribution in [0.2, 0.25) is 0 Å². The number of hydrazine groups is 1. The molecular formula is C12H23N5O3. The summed E-state index contributed by atoms with van der Waals surface area (Å²) in [5.41, 5.74) is 2.09. The monoisotopic (exact) mass is 285 g/mol. The van der Waals surface area contributed by atoms with E-state index in [9.17, 15) is 0 Å². The van der Waals surface area contributed by atoms with Crippen molar-refractivity contribution in [3.8, 4) is 12.0 Å². The molecule has 1 aromatic rings. The van der Waals surface area contributed by atoms with Crippen molar-refractivity contribution in [3.63, 3.8) is 0 Å². The van der Waals surface area contributed by atoms with Gasteiger partial charge in [-0.15, -0.1) is 4.98 Å². The van der Waals surface area contributed by atoms with Gasteiger partial charge in [0.15, 0.2) is 0 Å². The van der Waals surface area contributed by atoms with Crippen LogP contribution in [-0.2, 0) is 4.74 Å². The molecule has 8 heteroatoms. The third-order valence-electron chi connectivity index (χ3n) is 2.65. The van der Waals surface area contributed by atoms with Crippen LogP contribution >= 0.6 is 0 Å². The largest absolute Gasteiger partial charge is 0.463 e. The van der Waals surface area contributed by atoms with Crippen molar-refractivity contribution in [3.05, 3.63) is 0 Å². The second kappa shape index (κ2) is 7.81. The Bertz CT molecular complexity index is 414. The standard InChI is InChI=1S/C12H23N5O3/c1-5-7-19-10-14-9(17-13)15-11(16-10)20-8-6-12(2,3)18-4/h5-8,13H2,1-4H3,(H,14,15,16,17). The highest BCUT2D eigenvalue weighted by Crippen LogP contribution is 2.16. The summed E-state index contributed by atoms with van der Waals surface area (Å²) in [5.74, 6) is 5.50. The normalized spacial score (nSPS) is 11.2. The smallest absolute Gasteiger partial charge is 0.324 e. The zero-order valence-electron chi connectivity index (χ0n) is 12.5. The van der Waals surface area contributed by atoms with Gasteiger partial charge in [-0.25, -0.2) is 5.84 Å². The minimum absolute atomic E-state index is 0.172. The summed E-state index contributed by atoms with van der Waals surface area (Å²) in [5, 5.41) is 0. The first-order valence-electron chi connectivity index (χ1n) is 6.54. The highest BCUT2D eigenvalue weighted by molar-refractivity contribution is 5.25. The number of hydrogen-bond donors (Lipinski definition) is 2. The molecule has 0 saturated carbocycles. The van der Waals surface area contributed by atoms with E-state index in [1.54, 1.807) is 7.11 Å². The van der Waals surface area contributed by atoms with E-state index in [1.807, 2.05) is 20.8 Å². The molecule has 1 rings (SSSR count). The first-order chi connectivity index (χ1) is 9.50. The lowest BCUT2D eigenvalue weighted by Crippen LogP contribution is -2.25. The van der Waals surface area contributed by atoms with Gasteiger partial charge in [0.05, 0.1) is 18.8 Å². The van der Waals surface area contributed by atoms with Gasteiger partial charge in [-0.05, 0) is 20.3 Å². The summed E-state index contributed by atoms with van der Waals surface area (Å²) in [6.07, 6.45) is 1.56. The molecule has 0 fully saturated rings. The molecule has 0 atom stereocenters. The molecule has 0 aliphatic carbocycles. The van der Waals surface area contributed by atoms with Crippen LogP contribution in [0.25, 0.3) is 0 Å². The summed E-state index contributed by atoms with van der Waals surface area (Å²) < 4.78 is 16.1. The fourth-order valence-corrected chi connectivity index (χ4v) is 1.22. The summed E-state index contributed by atoms with van der Waals surface area (Å²) in [6, 6.07) is 0.363. The van der Waals surface area contributed by atoms with Gasteiger partial charge in [0, 0.05) is 13.5 Å². The van der Waals surface area contributed by atoms with E-state index >= 15 is 0 Å². The lowest BCUT2D eigenvalue weighted by molar-refractivity contribution is 0.00461. The quantitative estimate of drug-likeness (QED) is 0.514. The van der Waals surface area contributed by atoms with Gasteiger partial charge in [0.25, 0.3) is 0 Å². The number of anilines is 1. The molecule has 114 valence electrons. The van der Waals surface area contributed by atoms with E-state index in [0.717, 1.165) is 6.42 Å². The number of nitrogens with two attached hydrogens (primary N) is 1. The highest BCUT2D eigenvalue weighted by atomic mass is 16.5. The molecule has 0 aromatic carbocycles. The molecule has 0 bridgehead atoms. The number of ether oxygens (including phenoxy) is 3.